The summed E-state index contributed by atoms with van der Waals surface area (Å²) in [5, 5.41) is 3.32. The Bertz CT molecular complexity index is 285. The Hall–Kier alpha value is 0.490. The van der Waals surface area contributed by atoms with Crippen molar-refractivity contribution in [1.29, 1.82) is 0 Å². The van der Waals surface area contributed by atoms with Crippen LogP contribution in [-0.4, -0.2) is 11.5 Å². The predicted molar refractivity (Wildman–Crippen MR) is 58.9 cm³/mol. The first-order valence-corrected chi connectivity index (χ1v) is 5.13. The Labute approximate surface area is 94.2 Å². The molecule has 12 heavy (non-hydrogen) atoms. The molecule has 2 rings (SSSR count). The molecule has 1 aromatic rings. The van der Waals surface area contributed by atoms with Crippen molar-refractivity contribution in [1.82, 2.24) is 10.3 Å². The fourth-order valence-electron chi connectivity index (χ4n) is 1.35. The maximum absolute atomic E-state index is 3.52. The summed E-state index contributed by atoms with van der Waals surface area (Å²) in [7, 11) is 0. The van der Waals surface area contributed by atoms with E-state index in [1.54, 1.807) is 0 Å². The van der Waals surface area contributed by atoms with Crippen LogP contribution in [-0.2, 0) is 13.0 Å². The van der Waals surface area contributed by atoms with Crippen LogP contribution < -0.4 is 5.32 Å². The maximum atomic E-state index is 3.52. The summed E-state index contributed by atoms with van der Waals surface area (Å²) in [6.45, 7) is 2.05. The molecule has 0 aliphatic carbocycles. The first-order chi connectivity index (χ1) is 5.29. The zero-order chi connectivity index (χ0) is 7.84. The van der Waals surface area contributed by atoms with Crippen LogP contribution in [0.4, 0.5) is 0 Å². The molecule has 1 aromatic heterocycles. The summed E-state index contributed by atoms with van der Waals surface area (Å²) in [6, 6.07) is 0. The Morgan fingerprint density at radius 3 is 2.67 bits per heavy atom. The van der Waals surface area contributed by atoms with E-state index >= 15 is 0 Å². The zero-order valence-electron chi connectivity index (χ0n) is 6.29. The standard InChI is InChI=1S/C7H8Br2N2.ClH/c8-6-4-3-10-2-1-5(4)11-7(6)9;/h10-11H,1-3H2;1H. The van der Waals surface area contributed by atoms with Gasteiger partial charge in [0.25, 0.3) is 0 Å². The monoisotopic (exact) mass is 314 g/mol. The fourth-order valence-corrected chi connectivity index (χ4v) is 2.31. The van der Waals surface area contributed by atoms with E-state index in [4.69, 9.17) is 0 Å². The lowest BCUT2D eigenvalue weighted by atomic mass is 10.1. The van der Waals surface area contributed by atoms with E-state index in [0.717, 1.165) is 24.1 Å². The number of hydrogen-bond donors (Lipinski definition) is 2. The number of fused-ring (bicyclic) bond motifs is 1. The van der Waals surface area contributed by atoms with Gasteiger partial charge in [0.1, 0.15) is 0 Å². The molecule has 5 heteroatoms. The molecular formula is C7H9Br2ClN2. The average Bonchev–Trinajstić information content (AvgIpc) is 2.30. The topological polar surface area (TPSA) is 27.8 Å². The molecule has 2 nitrogen and oxygen atoms in total. The Kier molecular flexibility index (Phi) is 3.64. The summed E-state index contributed by atoms with van der Waals surface area (Å²) in [6.07, 6.45) is 1.10. The van der Waals surface area contributed by atoms with E-state index < -0.39 is 0 Å². The Balaban J connectivity index is 0.000000720. The van der Waals surface area contributed by atoms with E-state index in [9.17, 15) is 0 Å². The van der Waals surface area contributed by atoms with E-state index in [0.29, 0.717) is 0 Å². The van der Waals surface area contributed by atoms with E-state index in [1.165, 1.54) is 15.7 Å². The van der Waals surface area contributed by atoms with Crippen LogP contribution >= 0.6 is 44.3 Å². The van der Waals surface area contributed by atoms with Crippen LogP contribution in [0.25, 0.3) is 0 Å². The van der Waals surface area contributed by atoms with Gasteiger partial charge in [-0.05, 0) is 31.9 Å². The van der Waals surface area contributed by atoms with Gasteiger partial charge in [0.2, 0.25) is 0 Å². The van der Waals surface area contributed by atoms with Gasteiger partial charge in [-0.15, -0.1) is 12.4 Å². The molecule has 1 aliphatic heterocycles. The van der Waals surface area contributed by atoms with Gasteiger partial charge in [-0.2, -0.15) is 0 Å². The van der Waals surface area contributed by atoms with Crippen molar-refractivity contribution in [3.05, 3.63) is 20.3 Å². The molecule has 2 heterocycles. The number of halogens is 3. The molecule has 0 radical (unpaired) electrons. The molecule has 0 spiro atoms. The molecular weight excluding hydrogens is 307 g/mol. The summed E-state index contributed by atoms with van der Waals surface area (Å²) in [4.78, 5) is 3.29. The van der Waals surface area contributed by atoms with Crippen molar-refractivity contribution in [2.45, 2.75) is 13.0 Å². The zero-order valence-corrected chi connectivity index (χ0v) is 10.3. The lowest BCUT2D eigenvalue weighted by molar-refractivity contribution is 0.636. The van der Waals surface area contributed by atoms with Crippen LogP contribution in [0.15, 0.2) is 9.08 Å². The number of aromatic nitrogens is 1. The van der Waals surface area contributed by atoms with Crippen molar-refractivity contribution >= 4 is 44.3 Å². The highest BCUT2D eigenvalue weighted by Gasteiger charge is 2.16. The Morgan fingerprint density at radius 2 is 2.00 bits per heavy atom. The smallest absolute Gasteiger partial charge is 0.0969 e. The van der Waals surface area contributed by atoms with E-state index in [1.807, 2.05) is 0 Å². The molecule has 0 atom stereocenters. The fraction of sp³-hybridized carbons (Fsp3) is 0.429. The third kappa shape index (κ3) is 1.71. The second-order valence-corrected chi connectivity index (χ2v) is 4.22. The average molecular weight is 316 g/mol. The highest BCUT2D eigenvalue weighted by Crippen LogP contribution is 2.30. The summed E-state index contributed by atoms with van der Waals surface area (Å²) >= 11 is 6.96. The van der Waals surface area contributed by atoms with Gasteiger partial charge in [0.15, 0.2) is 0 Å². The SMILES string of the molecule is Brc1[nH]c2c(c1Br)CNCC2.Cl. The number of H-pyrrole nitrogens is 1. The van der Waals surface area contributed by atoms with Crippen molar-refractivity contribution in [3.8, 4) is 0 Å². The lowest BCUT2D eigenvalue weighted by Crippen LogP contribution is -2.23. The van der Waals surface area contributed by atoms with Crippen LogP contribution in [0.1, 0.15) is 11.3 Å². The molecule has 0 aromatic carbocycles. The molecule has 0 saturated heterocycles. The predicted octanol–water partition coefficient (Wildman–Crippen LogP) is 2.61. The number of aromatic amines is 1. The lowest BCUT2D eigenvalue weighted by Gasteiger charge is -2.12. The van der Waals surface area contributed by atoms with Gasteiger partial charge in [0, 0.05) is 30.8 Å². The molecule has 0 bridgehead atoms. The number of nitrogens with one attached hydrogen (secondary N) is 2. The van der Waals surface area contributed by atoms with Gasteiger partial charge in [-0.25, -0.2) is 0 Å². The third-order valence-electron chi connectivity index (χ3n) is 1.94. The molecule has 0 unspecified atom stereocenters. The van der Waals surface area contributed by atoms with E-state index in [-0.39, 0.29) is 12.4 Å². The largest absolute Gasteiger partial charge is 0.352 e. The third-order valence-corrected chi connectivity index (χ3v) is 3.94. The Morgan fingerprint density at radius 1 is 1.25 bits per heavy atom. The van der Waals surface area contributed by atoms with Crippen molar-refractivity contribution in [3.63, 3.8) is 0 Å². The van der Waals surface area contributed by atoms with Crippen molar-refractivity contribution in [2.24, 2.45) is 0 Å². The number of rotatable bonds is 0. The van der Waals surface area contributed by atoms with Crippen LogP contribution in [0.5, 0.6) is 0 Å². The van der Waals surface area contributed by atoms with Gasteiger partial charge in [-0.1, -0.05) is 0 Å². The van der Waals surface area contributed by atoms with Gasteiger partial charge in [0.05, 0.1) is 9.08 Å². The van der Waals surface area contributed by atoms with Gasteiger partial charge in [-0.3, -0.25) is 0 Å². The minimum absolute atomic E-state index is 0. The molecule has 2 N–H and O–H groups in total. The second kappa shape index (κ2) is 4.13. The molecule has 0 fully saturated rings. The van der Waals surface area contributed by atoms with Crippen LogP contribution in [0, 0.1) is 0 Å². The number of hydrogen-bond acceptors (Lipinski definition) is 1. The van der Waals surface area contributed by atoms with Crippen molar-refractivity contribution < 1.29 is 0 Å². The maximum Gasteiger partial charge on any atom is 0.0969 e. The molecule has 68 valence electrons. The summed E-state index contributed by atoms with van der Waals surface area (Å²) in [5.41, 5.74) is 2.71. The molecule has 1 aliphatic rings. The second-order valence-electron chi connectivity index (χ2n) is 2.64. The normalized spacial score (nSPS) is 15.2. The first-order valence-electron chi connectivity index (χ1n) is 3.54. The van der Waals surface area contributed by atoms with Crippen molar-refractivity contribution in [2.75, 3.05) is 6.54 Å². The van der Waals surface area contributed by atoms with E-state index in [2.05, 4.69) is 42.2 Å². The van der Waals surface area contributed by atoms with Crippen LogP contribution in [0.2, 0.25) is 0 Å². The molecule has 0 saturated carbocycles. The van der Waals surface area contributed by atoms with Gasteiger partial charge < -0.3 is 10.3 Å². The highest BCUT2D eigenvalue weighted by molar-refractivity contribution is 9.13. The minimum Gasteiger partial charge on any atom is -0.352 e. The summed E-state index contributed by atoms with van der Waals surface area (Å²) < 4.78 is 2.23. The highest BCUT2D eigenvalue weighted by atomic mass is 79.9. The quantitative estimate of drug-likeness (QED) is 0.756. The minimum atomic E-state index is 0. The molecule has 0 amide bonds. The van der Waals surface area contributed by atoms with Crippen LogP contribution in [0.3, 0.4) is 0 Å². The summed E-state index contributed by atoms with van der Waals surface area (Å²) in [5.74, 6) is 0. The van der Waals surface area contributed by atoms with Gasteiger partial charge >= 0.3 is 0 Å². The first kappa shape index (κ1) is 10.6.